The minimum absolute atomic E-state index is 0.535. The van der Waals surface area contributed by atoms with Gasteiger partial charge in [-0.25, -0.2) is 0 Å². The molecule has 0 bridgehead atoms. The third-order valence-electron chi connectivity index (χ3n) is 2.26. The average molecular weight is 178 g/mol. The Morgan fingerprint density at radius 1 is 1.46 bits per heavy atom. The normalized spacial score (nSPS) is 21.7. The van der Waals surface area contributed by atoms with Gasteiger partial charge in [0.25, 0.3) is 0 Å². The zero-order chi connectivity index (χ0) is 8.93. The van der Waals surface area contributed by atoms with E-state index >= 15 is 0 Å². The summed E-state index contributed by atoms with van der Waals surface area (Å²) in [5, 5.41) is 3.39. The number of aromatic nitrogens is 1. The average Bonchev–Trinajstić information content (AvgIpc) is 2.69. The fourth-order valence-electron chi connectivity index (χ4n) is 1.53. The van der Waals surface area contributed by atoms with Crippen LogP contribution < -0.4 is 10.1 Å². The summed E-state index contributed by atoms with van der Waals surface area (Å²) in [5.41, 5.74) is 0. The molecule has 1 saturated heterocycles. The van der Waals surface area contributed by atoms with Crippen molar-refractivity contribution >= 4 is 0 Å². The number of hydrogen-bond donors (Lipinski definition) is 1. The molecule has 3 nitrogen and oxygen atoms in total. The lowest BCUT2D eigenvalue weighted by Gasteiger charge is -2.11. The van der Waals surface area contributed by atoms with E-state index in [1.165, 1.54) is 12.8 Å². The van der Waals surface area contributed by atoms with Crippen molar-refractivity contribution in [2.24, 2.45) is 0 Å². The van der Waals surface area contributed by atoms with Gasteiger partial charge in [-0.05, 0) is 31.5 Å². The van der Waals surface area contributed by atoms with Crippen LogP contribution in [0, 0.1) is 0 Å². The van der Waals surface area contributed by atoms with Gasteiger partial charge < -0.3 is 10.1 Å². The van der Waals surface area contributed by atoms with Crippen LogP contribution >= 0.6 is 0 Å². The van der Waals surface area contributed by atoms with Crippen LogP contribution in [-0.4, -0.2) is 24.2 Å². The molecule has 1 N–H and O–H groups in total. The first kappa shape index (κ1) is 8.51. The van der Waals surface area contributed by atoms with E-state index in [4.69, 9.17) is 4.74 Å². The summed E-state index contributed by atoms with van der Waals surface area (Å²) < 4.78 is 5.59. The standard InChI is InChI=1S/C10H14N2O/c1-2-9(12-5-1)8-13-10-3-6-11-7-4-10/h3-4,6-7,9,12H,1-2,5,8H2/t9-/m0/s1. The highest BCUT2D eigenvalue weighted by Gasteiger charge is 2.13. The molecule has 70 valence electrons. The highest BCUT2D eigenvalue weighted by molar-refractivity contribution is 5.16. The highest BCUT2D eigenvalue weighted by atomic mass is 16.5. The summed E-state index contributed by atoms with van der Waals surface area (Å²) in [4.78, 5) is 3.93. The van der Waals surface area contributed by atoms with Crippen molar-refractivity contribution in [2.45, 2.75) is 18.9 Å². The maximum Gasteiger partial charge on any atom is 0.122 e. The summed E-state index contributed by atoms with van der Waals surface area (Å²) in [6.45, 7) is 1.90. The van der Waals surface area contributed by atoms with Gasteiger partial charge in [0.15, 0.2) is 0 Å². The minimum atomic E-state index is 0.535. The van der Waals surface area contributed by atoms with Gasteiger partial charge in [-0.3, -0.25) is 4.98 Å². The molecule has 1 aromatic heterocycles. The number of nitrogens with zero attached hydrogens (tertiary/aromatic N) is 1. The number of ether oxygens (including phenoxy) is 1. The van der Waals surface area contributed by atoms with Crippen molar-refractivity contribution in [3.05, 3.63) is 24.5 Å². The van der Waals surface area contributed by atoms with E-state index in [0.717, 1.165) is 18.9 Å². The van der Waals surface area contributed by atoms with Crippen LogP contribution in [0.3, 0.4) is 0 Å². The summed E-state index contributed by atoms with van der Waals surface area (Å²) in [6.07, 6.45) is 5.99. The van der Waals surface area contributed by atoms with E-state index in [-0.39, 0.29) is 0 Å². The fraction of sp³-hybridized carbons (Fsp3) is 0.500. The maximum absolute atomic E-state index is 5.59. The van der Waals surface area contributed by atoms with E-state index in [1.807, 2.05) is 12.1 Å². The van der Waals surface area contributed by atoms with Gasteiger partial charge in [-0.15, -0.1) is 0 Å². The first-order chi connectivity index (χ1) is 6.45. The highest BCUT2D eigenvalue weighted by Crippen LogP contribution is 2.10. The first-order valence-electron chi connectivity index (χ1n) is 4.71. The second-order valence-corrected chi connectivity index (χ2v) is 3.29. The molecule has 0 aromatic carbocycles. The molecule has 13 heavy (non-hydrogen) atoms. The Morgan fingerprint density at radius 3 is 3.00 bits per heavy atom. The van der Waals surface area contributed by atoms with Crippen molar-refractivity contribution in [1.82, 2.24) is 10.3 Å². The monoisotopic (exact) mass is 178 g/mol. The summed E-state index contributed by atoms with van der Waals surface area (Å²) in [6, 6.07) is 4.30. The van der Waals surface area contributed by atoms with E-state index < -0.39 is 0 Å². The molecule has 0 spiro atoms. The predicted molar refractivity (Wildman–Crippen MR) is 50.8 cm³/mol. The quantitative estimate of drug-likeness (QED) is 0.755. The second kappa shape index (κ2) is 4.23. The lowest BCUT2D eigenvalue weighted by Crippen LogP contribution is -2.28. The summed E-state index contributed by atoms with van der Waals surface area (Å²) in [7, 11) is 0. The maximum atomic E-state index is 5.59. The molecule has 0 amide bonds. The van der Waals surface area contributed by atoms with Crippen LogP contribution in [0.25, 0.3) is 0 Å². The van der Waals surface area contributed by atoms with Crippen LogP contribution in [0.1, 0.15) is 12.8 Å². The number of hydrogen-bond acceptors (Lipinski definition) is 3. The largest absolute Gasteiger partial charge is 0.492 e. The molecule has 1 aliphatic rings. The first-order valence-corrected chi connectivity index (χ1v) is 4.71. The van der Waals surface area contributed by atoms with Crippen LogP contribution in [0.2, 0.25) is 0 Å². The van der Waals surface area contributed by atoms with Crippen molar-refractivity contribution in [1.29, 1.82) is 0 Å². The molecule has 1 aliphatic heterocycles. The Labute approximate surface area is 78.1 Å². The molecule has 0 aliphatic carbocycles. The molecule has 2 heterocycles. The molecule has 0 saturated carbocycles. The fourth-order valence-corrected chi connectivity index (χ4v) is 1.53. The molecule has 1 fully saturated rings. The van der Waals surface area contributed by atoms with E-state index in [1.54, 1.807) is 12.4 Å². The molecular formula is C10H14N2O. The van der Waals surface area contributed by atoms with E-state index in [9.17, 15) is 0 Å². The zero-order valence-corrected chi connectivity index (χ0v) is 7.57. The zero-order valence-electron chi connectivity index (χ0n) is 7.57. The van der Waals surface area contributed by atoms with Crippen molar-refractivity contribution in [2.75, 3.05) is 13.2 Å². The molecule has 1 aromatic rings. The van der Waals surface area contributed by atoms with Crippen molar-refractivity contribution < 1.29 is 4.74 Å². The Bertz CT molecular complexity index is 244. The lowest BCUT2D eigenvalue weighted by atomic mass is 10.2. The van der Waals surface area contributed by atoms with Crippen LogP contribution in [-0.2, 0) is 0 Å². The number of nitrogens with one attached hydrogen (secondary N) is 1. The van der Waals surface area contributed by atoms with Gasteiger partial charge in [-0.2, -0.15) is 0 Å². The van der Waals surface area contributed by atoms with Gasteiger partial charge in [0, 0.05) is 18.4 Å². The van der Waals surface area contributed by atoms with E-state index in [0.29, 0.717) is 6.04 Å². The lowest BCUT2D eigenvalue weighted by molar-refractivity contribution is 0.277. The molecule has 0 radical (unpaired) electrons. The van der Waals surface area contributed by atoms with Gasteiger partial charge in [0.2, 0.25) is 0 Å². The van der Waals surface area contributed by atoms with Crippen molar-refractivity contribution in [3.8, 4) is 5.75 Å². The SMILES string of the molecule is c1cc(OC[C@@H]2CCCN2)ccn1. The molecular weight excluding hydrogens is 164 g/mol. The Balaban J connectivity index is 1.79. The molecule has 2 rings (SSSR count). The van der Waals surface area contributed by atoms with Crippen LogP contribution in [0.5, 0.6) is 5.75 Å². The minimum Gasteiger partial charge on any atom is -0.492 e. The summed E-state index contributed by atoms with van der Waals surface area (Å²) >= 11 is 0. The topological polar surface area (TPSA) is 34.1 Å². The predicted octanol–water partition coefficient (Wildman–Crippen LogP) is 1.21. The van der Waals surface area contributed by atoms with E-state index in [2.05, 4.69) is 10.3 Å². The Morgan fingerprint density at radius 2 is 2.31 bits per heavy atom. The van der Waals surface area contributed by atoms with Crippen LogP contribution in [0.15, 0.2) is 24.5 Å². The molecule has 3 heteroatoms. The van der Waals surface area contributed by atoms with Gasteiger partial charge in [0.1, 0.15) is 12.4 Å². The van der Waals surface area contributed by atoms with Crippen molar-refractivity contribution in [3.63, 3.8) is 0 Å². The Hall–Kier alpha value is -1.09. The van der Waals surface area contributed by atoms with Gasteiger partial charge >= 0.3 is 0 Å². The van der Waals surface area contributed by atoms with Gasteiger partial charge in [0.05, 0.1) is 0 Å². The third-order valence-corrected chi connectivity index (χ3v) is 2.26. The second-order valence-electron chi connectivity index (χ2n) is 3.29. The van der Waals surface area contributed by atoms with Gasteiger partial charge in [-0.1, -0.05) is 0 Å². The molecule has 0 unspecified atom stereocenters. The smallest absolute Gasteiger partial charge is 0.122 e. The summed E-state index contributed by atoms with van der Waals surface area (Å²) in [5.74, 6) is 0.906. The number of rotatable bonds is 3. The van der Waals surface area contributed by atoms with Crippen LogP contribution in [0.4, 0.5) is 0 Å². The Kier molecular flexibility index (Phi) is 2.77. The molecule has 1 atom stereocenters. The third kappa shape index (κ3) is 2.42. The number of pyridine rings is 1.